The average Bonchev–Trinajstić information content (AvgIpc) is 2.31. The molecule has 0 spiro atoms. The van der Waals surface area contributed by atoms with E-state index in [1.807, 2.05) is 43.3 Å². The first-order valence-electron chi connectivity index (χ1n) is 6.41. The fourth-order valence-electron chi connectivity index (χ4n) is 2.53. The van der Waals surface area contributed by atoms with Gasteiger partial charge in [-0.1, -0.05) is 43.3 Å². The molecule has 0 N–H and O–H groups in total. The summed E-state index contributed by atoms with van der Waals surface area (Å²) in [6, 6.07) is 11.8. The van der Waals surface area contributed by atoms with E-state index in [-0.39, 0.29) is 0 Å². The maximum absolute atomic E-state index is 12.4. The first kappa shape index (κ1) is 13.9. The molecule has 0 aliphatic rings. The van der Waals surface area contributed by atoms with E-state index < -0.39 is 18.5 Å². The van der Waals surface area contributed by atoms with Crippen molar-refractivity contribution in [3.05, 3.63) is 47.5 Å². The van der Waals surface area contributed by atoms with Crippen LogP contribution in [0.5, 0.6) is 0 Å². The maximum atomic E-state index is 12.4. The molecule has 2 aromatic rings. The first-order chi connectivity index (χ1) is 8.87. The Hall–Kier alpha value is -1.51. The summed E-state index contributed by atoms with van der Waals surface area (Å²) in [7, 11) is 0. The predicted octanol–water partition coefficient (Wildman–Crippen LogP) is 5.28. The molecular formula is C16H17F3. The number of alkyl halides is 3. The lowest BCUT2D eigenvalue weighted by Gasteiger charge is -2.16. The third-order valence-electron chi connectivity index (χ3n) is 3.38. The highest BCUT2D eigenvalue weighted by atomic mass is 19.4. The monoisotopic (exact) mass is 266 g/mol. The molecule has 1 atom stereocenters. The van der Waals surface area contributed by atoms with Crippen LogP contribution in [0.1, 0.15) is 24.5 Å². The Morgan fingerprint density at radius 3 is 2.26 bits per heavy atom. The Kier molecular flexibility index (Phi) is 3.83. The van der Waals surface area contributed by atoms with Gasteiger partial charge in [0.15, 0.2) is 0 Å². The second-order valence-electron chi connectivity index (χ2n) is 5.22. The molecule has 102 valence electrons. The number of hydrogen-bond donors (Lipinski definition) is 0. The van der Waals surface area contributed by atoms with Crippen molar-refractivity contribution in [3.8, 4) is 0 Å². The zero-order valence-corrected chi connectivity index (χ0v) is 11.1. The number of aryl methyl sites for hydroxylation is 1. The summed E-state index contributed by atoms with van der Waals surface area (Å²) in [5.41, 5.74) is 2.15. The number of benzene rings is 2. The zero-order valence-electron chi connectivity index (χ0n) is 11.1. The van der Waals surface area contributed by atoms with Crippen molar-refractivity contribution < 1.29 is 13.2 Å². The molecule has 2 aromatic carbocycles. The Labute approximate surface area is 111 Å². The van der Waals surface area contributed by atoms with Crippen LogP contribution in [0, 0.1) is 12.8 Å². The molecule has 2 rings (SSSR count). The van der Waals surface area contributed by atoms with E-state index >= 15 is 0 Å². The fraction of sp³-hybridized carbons (Fsp3) is 0.375. The maximum Gasteiger partial charge on any atom is 0.389 e. The van der Waals surface area contributed by atoms with E-state index in [1.54, 1.807) is 6.92 Å². The molecule has 0 saturated heterocycles. The van der Waals surface area contributed by atoms with Crippen LogP contribution in [0.25, 0.3) is 10.8 Å². The molecule has 0 radical (unpaired) electrons. The third kappa shape index (κ3) is 3.49. The second kappa shape index (κ2) is 5.24. The van der Waals surface area contributed by atoms with Crippen molar-refractivity contribution in [2.75, 3.05) is 0 Å². The Balaban J connectivity index is 2.29. The van der Waals surface area contributed by atoms with Gasteiger partial charge in [0, 0.05) is 6.42 Å². The minimum atomic E-state index is -4.08. The standard InChI is InChI=1S/C16H17F3/c1-11(10-16(17,18)19)9-13-8-7-12(2)14-5-3-4-6-15(13)14/h3-8,11H,9-10H2,1-2H3. The van der Waals surface area contributed by atoms with Gasteiger partial charge < -0.3 is 0 Å². The zero-order chi connectivity index (χ0) is 14.0. The molecule has 0 aliphatic carbocycles. The van der Waals surface area contributed by atoms with Crippen molar-refractivity contribution in [1.29, 1.82) is 0 Å². The van der Waals surface area contributed by atoms with Gasteiger partial charge in [-0.2, -0.15) is 13.2 Å². The van der Waals surface area contributed by atoms with Crippen LogP contribution in [0.3, 0.4) is 0 Å². The van der Waals surface area contributed by atoms with E-state index in [2.05, 4.69) is 0 Å². The minimum absolute atomic E-state index is 0.397. The summed E-state index contributed by atoms with van der Waals surface area (Å²) >= 11 is 0. The Morgan fingerprint density at radius 2 is 1.63 bits per heavy atom. The summed E-state index contributed by atoms with van der Waals surface area (Å²) in [6.07, 6.45) is -4.35. The van der Waals surface area contributed by atoms with Gasteiger partial charge in [-0.25, -0.2) is 0 Å². The molecule has 19 heavy (non-hydrogen) atoms. The van der Waals surface area contributed by atoms with E-state index in [0.29, 0.717) is 6.42 Å². The summed E-state index contributed by atoms with van der Waals surface area (Å²) in [5, 5.41) is 2.19. The molecule has 0 aliphatic heterocycles. The third-order valence-corrected chi connectivity index (χ3v) is 3.38. The van der Waals surface area contributed by atoms with Crippen LogP contribution in [0.15, 0.2) is 36.4 Å². The van der Waals surface area contributed by atoms with E-state index in [9.17, 15) is 13.2 Å². The highest BCUT2D eigenvalue weighted by molar-refractivity contribution is 5.88. The number of rotatable bonds is 3. The van der Waals surface area contributed by atoms with Gasteiger partial charge in [-0.05, 0) is 41.2 Å². The van der Waals surface area contributed by atoms with E-state index in [4.69, 9.17) is 0 Å². The molecule has 0 saturated carbocycles. The van der Waals surface area contributed by atoms with Crippen LogP contribution < -0.4 is 0 Å². The lowest BCUT2D eigenvalue weighted by Crippen LogP contribution is -2.14. The number of halogens is 3. The van der Waals surface area contributed by atoms with Crippen LogP contribution >= 0.6 is 0 Å². The Morgan fingerprint density at radius 1 is 1.00 bits per heavy atom. The molecule has 0 bridgehead atoms. The minimum Gasteiger partial charge on any atom is -0.171 e. The van der Waals surface area contributed by atoms with Crippen molar-refractivity contribution in [3.63, 3.8) is 0 Å². The van der Waals surface area contributed by atoms with Crippen molar-refractivity contribution in [2.45, 2.75) is 32.9 Å². The van der Waals surface area contributed by atoms with Crippen molar-refractivity contribution >= 4 is 10.8 Å². The van der Waals surface area contributed by atoms with Gasteiger partial charge in [0.25, 0.3) is 0 Å². The van der Waals surface area contributed by atoms with Gasteiger partial charge in [-0.3, -0.25) is 0 Å². The van der Waals surface area contributed by atoms with Gasteiger partial charge >= 0.3 is 6.18 Å². The SMILES string of the molecule is Cc1ccc(CC(C)CC(F)(F)F)c2ccccc12. The molecule has 0 heterocycles. The van der Waals surface area contributed by atoms with Gasteiger partial charge in [-0.15, -0.1) is 0 Å². The topological polar surface area (TPSA) is 0 Å². The van der Waals surface area contributed by atoms with E-state index in [0.717, 1.165) is 21.9 Å². The summed E-state index contributed by atoms with van der Waals surface area (Å²) in [4.78, 5) is 0. The number of hydrogen-bond acceptors (Lipinski definition) is 0. The highest BCUT2D eigenvalue weighted by Crippen LogP contribution is 2.29. The van der Waals surface area contributed by atoms with Gasteiger partial charge in [0.1, 0.15) is 0 Å². The Bertz CT molecular complexity index is 570. The van der Waals surface area contributed by atoms with Gasteiger partial charge in [0.05, 0.1) is 0 Å². The number of fused-ring (bicyclic) bond motifs is 1. The van der Waals surface area contributed by atoms with Crippen molar-refractivity contribution in [2.24, 2.45) is 5.92 Å². The predicted molar refractivity (Wildman–Crippen MR) is 72.2 cm³/mol. The molecule has 0 aromatic heterocycles. The largest absolute Gasteiger partial charge is 0.389 e. The normalized spacial score (nSPS) is 13.7. The molecule has 0 fully saturated rings. The molecule has 0 amide bonds. The summed E-state index contributed by atoms with van der Waals surface area (Å²) in [5.74, 6) is -0.397. The smallest absolute Gasteiger partial charge is 0.171 e. The second-order valence-corrected chi connectivity index (χ2v) is 5.22. The first-order valence-corrected chi connectivity index (χ1v) is 6.41. The lowest BCUT2D eigenvalue weighted by atomic mass is 9.92. The van der Waals surface area contributed by atoms with Crippen molar-refractivity contribution in [1.82, 2.24) is 0 Å². The molecule has 3 heteroatoms. The quantitative estimate of drug-likeness (QED) is 0.709. The molecule has 0 nitrogen and oxygen atoms in total. The average molecular weight is 266 g/mol. The van der Waals surface area contributed by atoms with E-state index in [1.165, 1.54) is 0 Å². The van der Waals surface area contributed by atoms with Crippen LogP contribution in [0.2, 0.25) is 0 Å². The fourth-order valence-corrected chi connectivity index (χ4v) is 2.53. The lowest BCUT2D eigenvalue weighted by molar-refractivity contribution is -0.143. The molecule has 1 unspecified atom stereocenters. The highest BCUT2D eigenvalue weighted by Gasteiger charge is 2.30. The van der Waals surface area contributed by atoms with Crippen LogP contribution in [-0.4, -0.2) is 6.18 Å². The molecular weight excluding hydrogens is 249 g/mol. The summed E-state index contributed by atoms with van der Waals surface area (Å²) in [6.45, 7) is 3.67. The van der Waals surface area contributed by atoms with Gasteiger partial charge in [0.2, 0.25) is 0 Å². The summed E-state index contributed by atoms with van der Waals surface area (Å²) < 4.78 is 37.2. The van der Waals surface area contributed by atoms with Crippen LogP contribution in [0.4, 0.5) is 13.2 Å². The van der Waals surface area contributed by atoms with Crippen LogP contribution in [-0.2, 0) is 6.42 Å².